The minimum atomic E-state index is -0.769. The Morgan fingerprint density at radius 2 is 0.434 bits per heavy atom. The van der Waals surface area contributed by atoms with Crippen LogP contribution in [0.1, 0.15) is 400 Å². The Morgan fingerprint density at radius 1 is 0.250 bits per heavy atom. The van der Waals surface area contributed by atoms with Gasteiger partial charge in [0, 0.05) is 19.3 Å². The second kappa shape index (κ2) is 65.7. The van der Waals surface area contributed by atoms with Gasteiger partial charge in [-0.25, -0.2) is 0 Å². The maximum atomic E-state index is 12.9. The lowest BCUT2D eigenvalue weighted by Crippen LogP contribution is -2.30. The summed E-state index contributed by atoms with van der Waals surface area (Å²) >= 11 is 0. The van der Waals surface area contributed by atoms with Crippen LogP contribution in [0.4, 0.5) is 0 Å². The molecule has 0 aliphatic carbocycles. The van der Waals surface area contributed by atoms with Crippen molar-refractivity contribution < 1.29 is 28.6 Å². The molecule has 0 fully saturated rings. The van der Waals surface area contributed by atoms with Gasteiger partial charge in [0.15, 0.2) is 6.10 Å². The highest BCUT2D eigenvalue weighted by Crippen LogP contribution is 2.19. The van der Waals surface area contributed by atoms with Crippen molar-refractivity contribution >= 4 is 17.9 Å². The zero-order chi connectivity index (χ0) is 55.0. The van der Waals surface area contributed by atoms with Crippen LogP contribution < -0.4 is 0 Å². The lowest BCUT2D eigenvalue weighted by atomic mass is 10.0. The SMILES string of the molecule is CCCCCCCCC/C=C\CCCCCCCC(=O)OCC(COC(=O)CCCCCCCCCCCCCCCCCCCCCCCCCCC)OC(=O)CCCCCCCCCCCCCCCCCCC. The van der Waals surface area contributed by atoms with Gasteiger partial charge in [0.25, 0.3) is 0 Å². The molecular formula is C70H134O6. The largest absolute Gasteiger partial charge is 0.462 e. The first-order valence-corrected chi connectivity index (χ1v) is 34.7. The number of hydrogen-bond donors (Lipinski definition) is 0. The molecule has 0 saturated heterocycles. The van der Waals surface area contributed by atoms with Crippen molar-refractivity contribution in [1.82, 2.24) is 0 Å². The zero-order valence-electron chi connectivity index (χ0n) is 51.8. The van der Waals surface area contributed by atoms with E-state index in [-0.39, 0.29) is 31.1 Å². The van der Waals surface area contributed by atoms with Crippen LogP contribution in [-0.4, -0.2) is 37.2 Å². The lowest BCUT2D eigenvalue weighted by molar-refractivity contribution is -0.167. The lowest BCUT2D eigenvalue weighted by Gasteiger charge is -2.18. The molecule has 0 N–H and O–H groups in total. The second-order valence-electron chi connectivity index (χ2n) is 23.8. The molecule has 0 aliphatic rings. The van der Waals surface area contributed by atoms with Gasteiger partial charge in [-0.05, 0) is 44.9 Å². The number of ether oxygens (including phenoxy) is 3. The summed E-state index contributed by atoms with van der Waals surface area (Å²) in [7, 11) is 0. The van der Waals surface area contributed by atoms with Gasteiger partial charge in [-0.2, -0.15) is 0 Å². The van der Waals surface area contributed by atoms with E-state index in [1.54, 1.807) is 0 Å². The fourth-order valence-electron chi connectivity index (χ4n) is 10.8. The molecule has 0 amide bonds. The quantitative estimate of drug-likeness (QED) is 0.0261. The Hall–Kier alpha value is -1.85. The summed E-state index contributed by atoms with van der Waals surface area (Å²) in [5.74, 6) is -0.839. The maximum absolute atomic E-state index is 12.9. The van der Waals surface area contributed by atoms with Crippen LogP contribution in [-0.2, 0) is 28.6 Å². The van der Waals surface area contributed by atoms with E-state index < -0.39 is 6.10 Å². The third-order valence-corrected chi connectivity index (χ3v) is 16.0. The molecule has 0 aromatic heterocycles. The van der Waals surface area contributed by atoms with E-state index in [2.05, 4.69) is 32.9 Å². The van der Waals surface area contributed by atoms with Crippen molar-refractivity contribution in [3.05, 3.63) is 12.2 Å². The van der Waals surface area contributed by atoms with Crippen molar-refractivity contribution in [2.45, 2.75) is 406 Å². The van der Waals surface area contributed by atoms with Gasteiger partial charge in [-0.15, -0.1) is 0 Å². The van der Waals surface area contributed by atoms with Gasteiger partial charge in [0.1, 0.15) is 13.2 Å². The minimum absolute atomic E-state index is 0.0656. The number of carbonyl (C=O) groups excluding carboxylic acids is 3. The molecule has 0 saturated carbocycles. The Morgan fingerprint density at radius 3 is 0.658 bits per heavy atom. The topological polar surface area (TPSA) is 78.9 Å². The van der Waals surface area contributed by atoms with Gasteiger partial charge in [-0.3, -0.25) is 14.4 Å². The van der Waals surface area contributed by atoms with Crippen molar-refractivity contribution in [2.24, 2.45) is 0 Å². The fourth-order valence-corrected chi connectivity index (χ4v) is 10.8. The molecule has 0 spiro atoms. The first kappa shape index (κ1) is 74.2. The van der Waals surface area contributed by atoms with Crippen LogP contribution in [0.15, 0.2) is 12.2 Å². The van der Waals surface area contributed by atoms with Crippen molar-refractivity contribution in [3.8, 4) is 0 Å². The minimum Gasteiger partial charge on any atom is -0.462 e. The molecule has 0 aromatic rings. The maximum Gasteiger partial charge on any atom is 0.306 e. The third-order valence-electron chi connectivity index (χ3n) is 16.0. The number of allylic oxidation sites excluding steroid dienone is 2. The van der Waals surface area contributed by atoms with Crippen LogP contribution >= 0.6 is 0 Å². The van der Waals surface area contributed by atoms with E-state index in [1.165, 1.54) is 295 Å². The van der Waals surface area contributed by atoms with E-state index in [9.17, 15) is 14.4 Å². The average molecular weight is 1070 g/mol. The highest BCUT2D eigenvalue weighted by molar-refractivity contribution is 5.71. The smallest absolute Gasteiger partial charge is 0.306 e. The molecule has 6 heteroatoms. The molecule has 1 atom stereocenters. The van der Waals surface area contributed by atoms with Crippen LogP contribution in [0, 0.1) is 0 Å². The number of unbranched alkanes of at least 4 members (excludes halogenated alkanes) is 52. The number of rotatable bonds is 65. The van der Waals surface area contributed by atoms with Crippen LogP contribution in [0.3, 0.4) is 0 Å². The molecule has 450 valence electrons. The van der Waals surface area contributed by atoms with E-state index in [1.807, 2.05) is 0 Å². The summed E-state index contributed by atoms with van der Waals surface area (Å²) in [6, 6.07) is 0. The number of esters is 3. The van der Waals surface area contributed by atoms with E-state index in [0.29, 0.717) is 19.3 Å². The first-order chi connectivity index (χ1) is 37.5. The molecular weight excluding hydrogens is 937 g/mol. The van der Waals surface area contributed by atoms with E-state index >= 15 is 0 Å². The summed E-state index contributed by atoms with van der Waals surface area (Å²) in [6.45, 7) is 6.72. The standard InChI is InChI=1S/C70H134O6/c1-4-7-10-13-16-19-22-25-28-31-32-33-34-35-36-37-38-40-42-45-48-51-54-57-60-63-69(72)75-66-67(65-74-68(71)62-59-56-53-50-47-44-41-30-27-24-21-18-15-12-9-6-3)76-70(73)64-61-58-55-52-49-46-43-39-29-26-23-20-17-14-11-8-5-2/h30,41,67H,4-29,31-40,42-66H2,1-3H3/b41-30-. The monoisotopic (exact) mass is 1070 g/mol. The third kappa shape index (κ3) is 63.0. The summed E-state index contributed by atoms with van der Waals surface area (Å²) in [5.41, 5.74) is 0. The molecule has 0 bridgehead atoms. The number of hydrogen-bond acceptors (Lipinski definition) is 6. The predicted molar refractivity (Wildman–Crippen MR) is 330 cm³/mol. The van der Waals surface area contributed by atoms with E-state index in [0.717, 1.165) is 64.2 Å². The van der Waals surface area contributed by atoms with Gasteiger partial charge in [-0.1, -0.05) is 348 Å². The van der Waals surface area contributed by atoms with E-state index in [4.69, 9.17) is 14.2 Å². The van der Waals surface area contributed by atoms with Gasteiger partial charge in [0.2, 0.25) is 0 Å². The molecule has 76 heavy (non-hydrogen) atoms. The first-order valence-electron chi connectivity index (χ1n) is 34.7. The molecule has 1 unspecified atom stereocenters. The second-order valence-corrected chi connectivity index (χ2v) is 23.8. The molecule has 6 nitrogen and oxygen atoms in total. The van der Waals surface area contributed by atoms with Gasteiger partial charge >= 0.3 is 17.9 Å². The van der Waals surface area contributed by atoms with Crippen molar-refractivity contribution in [3.63, 3.8) is 0 Å². The fraction of sp³-hybridized carbons (Fsp3) is 0.929. The highest BCUT2D eigenvalue weighted by atomic mass is 16.6. The molecule has 0 aliphatic heterocycles. The highest BCUT2D eigenvalue weighted by Gasteiger charge is 2.19. The zero-order valence-corrected chi connectivity index (χ0v) is 51.8. The van der Waals surface area contributed by atoms with Crippen molar-refractivity contribution in [2.75, 3.05) is 13.2 Å². The number of carbonyl (C=O) groups is 3. The van der Waals surface area contributed by atoms with Crippen molar-refractivity contribution in [1.29, 1.82) is 0 Å². The Bertz CT molecular complexity index is 1180. The normalized spacial score (nSPS) is 12.0. The van der Waals surface area contributed by atoms with Crippen LogP contribution in [0.5, 0.6) is 0 Å². The average Bonchev–Trinajstić information content (AvgIpc) is 3.42. The molecule has 0 aromatic carbocycles. The predicted octanol–water partition coefficient (Wildman–Crippen LogP) is 23.6. The molecule has 0 rings (SSSR count). The Labute approximate surface area is 475 Å². The summed E-state index contributed by atoms with van der Waals surface area (Å²) in [4.78, 5) is 38.4. The van der Waals surface area contributed by atoms with Crippen LogP contribution in [0.2, 0.25) is 0 Å². The molecule has 0 radical (unpaired) electrons. The van der Waals surface area contributed by atoms with Gasteiger partial charge in [0.05, 0.1) is 0 Å². The van der Waals surface area contributed by atoms with Gasteiger partial charge < -0.3 is 14.2 Å². The Balaban J connectivity index is 4.23. The summed E-state index contributed by atoms with van der Waals surface area (Å²) < 4.78 is 17.0. The molecule has 0 heterocycles. The summed E-state index contributed by atoms with van der Waals surface area (Å²) in [6.07, 6.45) is 78.1. The summed E-state index contributed by atoms with van der Waals surface area (Å²) in [5, 5.41) is 0. The van der Waals surface area contributed by atoms with Crippen LogP contribution in [0.25, 0.3) is 0 Å². The Kier molecular flexibility index (Phi) is 64.1.